The molecule has 3 heteroatoms. The van der Waals surface area contributed by atoms with E-state index in [1.54, 1.807) is 0 Å². The van der Waals surface area contributed by atoms with Crippen molar-refractivity contribution >= 4 is 11.8 Å². The van der Waals surface area contributed by atoms with Crippen molar-refractivity contribution in [3.8, 4) is 6.07 Å². The lowest BCUT2D eigenvalue weighted by Crippen LogP contribution is -2.49. The van der Waals surface area contributed by atoms with Gasteiger partial charge < -0.3 is 0 Å². The average molecular weight is 238 g/mol. The second-order valence-corrected chi connectivity index (χ2v) is 6.29. The zero-order valence-corrected chi connectivity index (χ0v) is 11.0. The summed E-state index contributed by atoms with van der Waals surface area (Å²) in [5.74, 6) is 2.83. The monoisotopic (exact) mass is 238 g/mol. The lowest BCUT2D eigenvalue weighted by atomic mass is 9.97. The van der Waals surface area contributed by atoms with Crippen LogP contribution in [0.1, 0.15) is 45.4 Å². The molecule has 0 saturated heterocycles. The Morgan fingerprint density at radius 1 is 1.38 bits per heavy atom. The average Bonchev–Trinajstić information content (AvgIpc) is 3.15. The number of unbranched alkanes of at least 4 members (excludes halogenated alkanes) is 1. The first-order valence-electron chi connectivity index (χ1n) is 6.57. The van der Waals surface area contributed by atoms with E-state index in [0.29, 0.717) is 12.0 Å². The normalized spacial score (nSPS) is 23.8. The highest BCUT2D eigenvalue weighted by Gasteiger charge is 2.47. The van der Waals surface area contributed by atoms with Crippen molar-refractivity contribution in [3.05, 3.63) is 0 Å². The fourth-order valence-electron chi connectivity index (χ4n) is 2.08. The molecule has 1 N–H and O–H groups in total. The first kappa shape index (κ1) is 12.3. The molecule has 0 aromatic carbocycles. The van der Waals surface area contributed by atoms with Gasteiger partial charge in [0.25, 0.3) is 0 Å². The van der Waals surface area contributed by atoms with Gasteiger partial charge in [0.2, 0.25) is 0 Å². The van der Waals surface area contributed by atoms with Crippen molar-refractivity contribution in [2.24, 2.45) is 5.92 Å². The molecule has 2 fully saturated rings. The minimum Gasteiger partial charge on any atom is -0.296 e. The predicted octanol–water partition coefficient (Wildman–Crippen LogP) is 2.94. The van der Waals surface area contributed by atoms with Gasteiger partial charge in [-0.2, -0.15) is 17.0 Å². The summed E-state index contributed by atoms with van der Waals surface area (Å²) in [7, 11) is 0. The number of thioether (sulfide) groups is 1. The second-order valence-electron chi connectivity index (χ2n) is 5.18. The van der Waals surface area contributed by atoms with Crippen molar-refractivity contribution in [3.63, 3.8) is 0 Å². The van der Waals surface area contributed by atoms with Crippen molar-refractivity contribution < 1.29 is 0 Å². The van der Waals surface area contributed by atoms with Gasteiger partial charge in [0.15, 0.2) is 0 Å². The lowest BCUT2D eigenvalue weighted by Gasteiger charge is -2.27. The Labute approximate surface area is 103 Å². The van der Waals surface area contributed by atoms with Gasteiger partial charge in [0.1, 0.15) is 5.54 Å². The maximum atomic E-state index is 9.49. The molecule has 2 aliphatic rings. The summed E-state index contributed by atoms with van der Waals surface area (Å²) in [5, 5.41) is 13.1. The molecule has 0 amide bonds. The van der Waals surface area contributed by atoms with E-state index in [2.05, 4.69) is 18.3 Å². The Morgan fingerprint density at radius 2 is 2.12 bits per heavy atom. The summed E-state index contributed by atoms with van der Waals surface area (Å²) >= 11 is 1.96. The first-order chi connectivity index (χ1) is 7.80. The summed E-state index contributed by atoms with van der Waals surface area (Å²) in [4.78, 5) is 0. The zero-order chi connectivity index (χ0) is 11.4. The zero-order valence-electron chi connectivity index (χ0n) is 10.2. The molecule has 0 bridgehead atoms. The maximum absolute atomic E-state index is 9.49. The Kier molecular flexibility index (Phi) is 4.16. The Bertz CT molecular complexity index is 266. The molecule has 2 saturated carbocycles. The fourth-order valence-corrected chi connectivity index (χ4v) is 3.42. The van der Waals surface area contributed by atoms with Gasteiger partial charge in [-0.15, -0.1) is 0 Å². The molecule has 0 aliphatic heterocycles. The molecular weight excluding hydrogens is 216 g/mol. The molecule has 2 aliphatic carbocycles. The van der Waals surface area contributed by atoms with E-state index in [9.17, 15) is 5.26 Å². The van der Waals surface area contributed by atoms with Gasteiger partial charge in [-0.3, -0.25) is 5.32 Å². The number of rotatable bonds is 8. The third-order valence-electron chi connectivity index (χ3n) is 3.48. The summed E-state index contributed by atoms with van der Waals surface area (Å²) in [6.07, 6.45) is 7.58. The van der Waals surface area contributed by atoms with E-state index < -0.39 is 0 Å². The summed E-state index contributed by atoms with van der Waals surface area (Å²) in [6.45, 7) is 2.22. The van der Waals surface area contributed by atoms with Crippen LogP contribution in [0.5, 0.6) is 0 Å². The standard InChI is InChI=1S/C13H22N2S/c1-2-3-8-16-10-13(9-14,11-4-5-11)15-12-6-7-12/h11-12,15H,2-8,10H2,1H3. The smallest absolute Gasteiger partial charge is 0.118 e. The first-order valence-corrected chi connectivity index (χ1v) is 7.73. The van der Waals surface area contributed by atoms with E-state index in [1.807, 2.05) is 11.8 Å². The third kappa shape index (κ3) is 3.15. The predicted molar refractivity (Wildman–Crippen MR) is 69.5 cm³/mol. The van der Waals surface area contributed by atoms with Gasteiger partial charge in [-0.05, 0) is 43.8 Å². The van der Waals surface area contributed by atoms with E-state index in [4.69, 9.17) is 0 Å². The van der Waals surface area contributed by atoms with E-state index in [-0.39, 0.29) is 5.54 Å². The lowest BCUT2D eigenvalue weighted by molar-refractivity contribution is 0.401. The number of nitriles is 1. The van der Waals surface area contributed by atoms with Crippen LogP contribution in [-0.4, -0.2) is 23.1 Å². The molecule has 0 aromatic rings. The van der Waals surface area contributed by atoms with Crippen LogP contribution in [0.4, 0.5) is 0 Å². The molecule has 90 valence electrons. The molecule has 2 rings (SSSR count). The van der Waals surface area contributed by atoms with Gasteiger partial charge in [0, 0.05) is 11.8 Å². The Hall–Kier alpha value is -0.200. The van der Waals surface area contributed by atoms with Crippen LogP contribution in [0.2, 0.25) is 0 Å². The summed E-state index contributed by atoms with van der Waals surface area (Å²) < 4.78 is 0. The highest BCUT2D eigenvalue weighted by Crippen LogP contribution is 2.42. The number of hydrogen-bond donors (Lipinski definition) is 1. The van der Waals surface area contributed by atoms with Crippen LogP contribution in [-0.2, 0) is 0 Å². The van der Waals surface area contributed by atoms with Crippen LogP contribution in [0.3, 0.4) is 0 Å². The molecule has 1 unspecified atom stereocenters. The quantitative estimate of drug-likeness (QED) is 0.660. The molecule has 2 nitrogen and oxygen atoms in total. The van der Waals surface area contributed by atoms with Crippen LogP contribution in [0.15, 0.2) is 0 Å². The van der Waals surface area contributed by atoms with Crippen molar-refractivity contribution in [1.82, 2.24) is 5.32 Å². The summed E-state index contributed by atoms with van der Waals surface area (Å²) in [6, 6.07) is 3.24. The highest BCUT2D eigenvalue weighted by atomic mass is 32.2. The minimum absolute atomic E-state index is 0.195. The maximum Gasteiger partial charge on any atom is 0.118 e. The summed E-state index contributed by atoms with van der Waals surface area (Å²) in [5.41, 5.74) is -0.195. The number of nitrogens with zero attached hydrogens (tertiary/aromatic N) is 1. The molecule has 0 spiro atoms. The van der Waals surface area contributed by atoms with Gasteiger partial charge in [0.05, 0.1) is 6.07 Å². The second kappa shape index (κ2) is 5.42. The van der Waals surface area contributed by atoms with Gasteiger partial charge in [-0.25, -0.2) is 0 Å². The van der Waals surface area contributed by atoms with E-state index in [1.165, 1.54) is 44.3 Å². The van der Waals surface area contributed by atoms with Crippen molar-refractivity contribution in [2.45, 2.75) is 57.0 Å². The largest absolute Gasteiger partial charge is 0.296 e. The highest BCUT2D eigenvalue weighted by molar-refractivity contribution is 7.99. The minimum atomic E-state index is -0.195. The van der Waals surface area contributed by atoms with E-state index in [0.717, 1.165) is 5.75 Å². The number of hydrogen-bond acceptors (Lipinski definition) is 3. The SMILES string of the molecule is CCCCSCC(C#N)(NC1CC1)C1CC1. The van der Waals surface area contributed by atoms with Crippen LogP contribution < -0.4 is 5.32 Å². The van der Waals surface area contributed by atoms with Crippen LogP contribution in [0, 0.1) is 17.2 Å². The third-order valence-corrected chi connectivity index (χ3v) is 4.72. The van der Waals surface area contributed by atoms with Crippen molar-refractivity contribution in [1.29, 1.82) is 5.26 Å². The molecule has 0 heterocycles. The van der Waals surface area contributed by atoms with Gasteiger partial charge in [-0.1, -0.05) is 13.3 Å². The Balaban J connectivity index is 1.83. The van der Waals surface area contributed by atoms with Gasteiger partial charge >= 0.3 is 0 Å². The molecule has 1 atom stereocenters. The van der Waals surface area contributed by atoms with Crippen molar-refractivity contribution in [2.75, 3.05) is 11.5 Å². The number of nitrogens with one attached hydrogen (secondary N) is 1. The Morgan fingerprint density at radius 3 is 2.62 bits per heavy atom. The fraction of sp³-hybridized carbons (Fsp3) is 0.923. The van der Waals surface area contributed by atoms with Crippen LogP contribution >= 0.6 is 11.8 Å². The van der Waals surface area contributed by atoms with Crippen LogP contribution in [0.25, 0.3) is 0 Å². The van der Waals surface area contributed by atoms with E-state index >= 15 is 0 Å². The molecule has 0 radical (unpaired) electrons. The molecular formula is C13H22N2S. The molecule has 0 aromatic heterocycles. The topological polar surface area (TPSA) is 35.8 Å². The molecule has 16 heavy (non-hydrogen) atoms.